The zero-order valence-electron chi connectivity index (χ0n) is 11.7. The number of thioether (sulfide) groups is 1. The third kappa shape index (κ3) is 4.32. The summed E-state index contributed by atoms with van der Waals surface area (Å²) in [5.74, 6) is 6.59. The van der Waals surface area contributed by atoms with E-state index in [0.29, 0.717) is 0 Å². The fourth-order valence-corrected chi connectivity index (χ4v) is 4.23. The van der Waals surface area contributed by atoms with Crippen molar-refractivity contribution in [2.45, 2.75) is 30.8 Å². The Morgan fingerprint density at radius 3 is 2.76 bits per heavy atom. The van der Waals surface area contributed by atoms with Crippen molar-refractivity contribution in [2.24, 2.45) is 5.84 Å². The third-order valence-corrected chi connectivity index (χ3v) is 5.77. The molecule has 1 atom stereocenters. The largest absolute Gasteiger partial charge is 0.271 e. The summed E-state index contributed by atoms with van der Waals surface area (Å²) in [5.41, 5.74) is 4.00. The Labute approximate surface area is 146 Å². The van der Waals surface area contributed by atoms with E-state index in [9.17, 15) is 0 Å². The first-order chi connectivity index (χ1) is 10.2. The average Bonchev–Trinajstić information content (AvgIpc) is 2.84. The molecule has 4 nitrogen and oxygen atoms in total. The van der Waals surface area contributed by atoms with Gasteiger partial charge >= 0.3 is 0 Å². The number of hydrogen-bond acceptors (Lipinski definition) is 4. The van der Waals surface area contributed by atoms with E-state index in [4.69, 9.17) is 5.84 Å². The van der Waals surface area contributed by atoms with Crippen LogP contribution in [-0.2, 0) is 6.54 Å². The maximum Gasteiger partial charge on any atom is 0.0734 e. The molecule has 0 bridgehead atoms. The highest BCUT2D eigenvalue weighted by atomic mass is 79.9. The molecule has 0 radical (unpaired) electrons. The Bertz CT molecular complexity index is 588. The first-order valence-electron chi connectivity index (χ1n) is 6.72. The number of halogens is 2. The van der Waals surface area contributed by atoms with Crippen LogP contribution in [0.1, 0.15) is 25.1 Å². The molecule has 0 fully saturated rings. The molecule has 21 heavy (non-hydrogen) atoms. The van der Waals surface area contributed by atoms with E-state index >= 15 is 0 Å². The number of rotatable bonds is 7. The molecule has 0 saturated carbocycles. The summed E-state index contributed by atoms with van der Waals surface area (Å²) >= 11 is 8.91. The second-order valence-corrected chi connectivity index (χ2v) is 7.33. The van der Waals surface area contributed by atoms with Crippen molar-refractivity contribution in [2.75, 3.05) is 5.75 Å². The fraction of sp³-hybridized carbons (Fsp3) is 0.357. The van der Waals surface area contributed by atoms with Crippen molar-refractivity contribution in [1.82, 2.24) is 15.2 Å². The van der Waals surface area contributed by atoms with Gasteiger partial charge in [0.2, 0.25) is 0 Å². The normalized spacial score (nSPS) is 12.6. The van der Waals surface area contributed by atoms with Crippen LogP contribution in [0.15, 0.2) is 44.3 Å². The van der Waals surface area contributed by atoms with E-state index < -0.39 is 0 Å². The molecule has 1 aromatic carbocycles. The van der Waals surface area contributed by atoms with E-state index in [1.54, 1.807) is 11.8 Å². The van der Waals surface area contributed by atoms with Crippen LogP contribution in [0.3, 0.4) is 0 Å². The monoisotopic (exact) mass is 432 g/mol. The smallest absolute Gasteiger partial charge is 0.0734 e. The van der Waals surface area contributed by atoms with Crippen molar-refractivity contribution < 1.29 is 0 Å². The Balaban J connectivity index is 2.13. The molecule has 0 saturated heterocycles. The highest BCUT2D eigenvalue weighted by molar-refractivity contribution is 9.10. The van der Waals surface area contributed by atoms with Crippen molar-refractivity contribution in [1.29, 1.82) is 0 Å². The Kier molecular flexibility index (Phi) is 6.75. The second-order valence-electron chi connectivity index (χ2n) is 4.56. The van der Waals surface area contributed by atoms with Gasteiger partial charge in [-0.05, 0) is 50.4 Å². The molecule has 1 heterocycles. The van der Waals surface area contributed by atoms with Gasteiger partial charge in [0.05, 0.1) is 22.4 Å². The number of aromatic nitrogens is 2. The van der Waals surface area contributed by atoms with Crippen molar-refractivity contribution in [3.63, 3.8) is 0 Å². The predicted octanol–water partition coefficient (Wildman–Crippen LogP) is 4.11. The number of nitrogens with one attached hydrogen (secondary N) is 1. The molecule has 114 valence electrons. The van der Waals surface area contributed by atoms with Crippen LogP contribution in [0.2, 0.25) is 0 Å². The SMILES string of the molecule is CCCn1ncc(Br)c1C(CSc1ccccc1Br)NN. The molecule has 0 amide bonds. The van der Waals surface area contributed by atoms with Gasteiger partial charge in [0.1, 0.15) is 0 Å². The highest BCUT2D eigenvalue weighted by Gasteiger charge is 2.19. The lowest BCUT2D eigenvalue weighted by molar-refractivity contribution is 0.507. The molecular weight excluding hydrogens is 416 g/mol. The van der Waals surface area contributed by atoms with Crippen LogP contribution < -0.4 is 11.3 Å². The standard InChI is InChI=1S/C14H18Br2N4S/c1-2-7-20-14(11(16)8-18-20)12(19-17)9-21-13-6-4-3-5-10(13)15/h3-6,8,12,19H,2,7,9,17H2,1H3. The maximum absolute atomic E-state index is 5.76. The van der Waals surface area contributed by atoms with Crippen LogP contribution in [-0.4, -0.2) is 15.5 Å². The molecule has 2 rings (SSSR count). The third-order valence-electron chi connectivity index (χ3n) is 3.04. The van der Waals surface area contributed by atoms with Gasteiger partial charge in [0, 0.05) is 21.7 Å². The second kappa shape index (κ2) is 8.33. The van der Waals surface area contributed by atoms with Gasteiger partial charge in [-0.1, -0.05) is 19.1 Å². The van der Waals surface area contributed by atoms with E-state index in [0.717, 1.165) is 33.4 Å². The molecular formula is C14H18Br2N4S. The summed E-state index contributed by atoms with van der Waals surface area (Å²) in [6, 6.07) is 8.23. The molecule has 1 unspecified atom stereocenters. The summed E-state index contributed by atoms with van der Waals surface area (Å²) in [6.45, 7) is 3.03. The number of benzene rings is 1. The fourth-order valence-electron chi connectivity index (χ4n) is 2.05. The summed E-state index contributed by atoms with van der Waals surface area (Å²) in [4.78, 5) is 1.20. The van der Waals surface area contributed by atoms with E-state index in [2.05, 4.69) is 55.4 Å². The van der Waals surface area contributed by atoms with Crippen molar-refractivity contribution in [3.05, 3.63) is 45.1 Å². The molecule has 0 aliphatic rings. The van der Waals surface area contributed by atoms with Crippen LogP contribution in [0.4, 0.5) is 0 Å². The molecule has 0 aliphatic carbocycles. The molecule has 3 N–H and O–H groups in total. The van der Waals surface area contributed by atoms with Crippen LogP contribution in [0.5, 0.6) is 0 Å². The van der Waals surface area contributed by atoms with Gasteiger partial charge in [0.25, 0.3) is 0 Å². The minimum atomic E-state index is 0.0329. The number of nitrogens with two attached hydrogens (primary N) is 1. The molecule has 7 heteroatoms. The van der Waals surface area contributed by atoms with Gasteiger partial charge in [-0.25, -0.2) is 0 Å². The van der Waals surface area contributed by atoms with Gasteiger partial charge < -0.3 is 0 Å². The molecule has 2 aromatic rings. The van der Waals surface area contributed by atoms with Crippen molar-refractivity contribution in [3.8, 4) is 0 Å². The summed E-state index contributed by atoms with van der Waals surface area (Å²) < 4.78 is 4.10. The summed E-state index contributed by atoms with van der Waals surface area (Å²) in [7, 11) is 0. The van der Waals surface area contributed by atoms with Crippen LogP contribution >= 0.6 is 43.6 Å². The lowest BCUT2D eigenvalue weighted by Gasteiger charge is -2.18. The minimum Gasteiger partial charge on any atom is -0.271 e. The molecule has 0 aliphatic heterocycles. The Hall–Kier alpha value is -0.340. The highest BCUT2D eigenvalue weighted by Crippen LogP contribution is 2.32. The number of aryl methyl sites for hydroxylation is 1. The van der Waals surface area contributed by atoms with Gasteiger partial charge in [-0.15, -0.1) is 11.8 Å². The van der Waals surface area contributed by atoms with Gasteiger partial charge in [-0.3, -0.25) is 16.0 Å². The van der Waals surface area contributed by atoms with Gasteiger partial charge in [-0.2, -0.15) is 5.10 Å². The van der Waals surface area contributed by atoms with Crippen LogP contribution in [0, 0.1) is 0 Å². The topological polar surface area (TPSA) is 55.9 Å². The summed E-state index contributed by atoms with van der Waals surface area (Å²) in [6.07, 6.45) is 2.87. The molecule has 0 spiro atoms. The van der Waals surface area contributed by atoms with Crippen molar-refractivity contribution >= 4 is 43.6 Å². The zero-order chi connectivity index (χ0) is 15.2. The van der Waals surface area contributed by atoms with E-state index in [-0.39, 0.29) is 6.04 Å². The van der Waals surface area contributed by atoms with Crippen LogP contribution in [0.25, 0.3) is 0 Å². The Morgan fingerprint density at radius 2 is 2.10 bits per heavy atom. The van der Waals surface area contributed by atoms with E-state index in [1.807, 2.05) is 29.1 Å². The first kappa shape index (κ1) is 17.0. The Morgan fingerprint density at radius 1 is 1.33 bits per heavy atom. The van der Waals surface area contributed by atoms with Gasteiger partial charge in [0.15, 0.2) is 0 Å². The summed E-state index contributed by atoms with van der Waals surface area (Å²) in [5, 5.41) is 4.40. The zero-order valence-corrected chi connectivity index (χ0v) is 15.7. The number of nitrogens with zero attached hydrogens (tertiary/aromatic N) is 2. The minimum absolute atomic E-state index is 0.0329. The lowest BCUT2D eigenvalue weighted by atomic mass is 10.2. The predicted molar refractivity (Wildman–Crippen MR) is 95.1 cm³/mol. The lowest BCUT2D eigenvalue weighted by Crippen LogP contribution is -2.32. The number of hydrogen-bond donors (Lipinski definition) is 2. The average molecular weight is 434 g/mol. The van der Waals surface area contributed by atoms with E-state index in [1.165, 1.54) is 4.90 Å². The first-order valence-corrected chi connectivity index (χ1v) is 9.29. The quantitative estimate of drug-likeness (QED) is 0.391. The molecule has 1 aromatic heterocycles. The maximum atomic E-state index is 5.76. The number of hydrazine groups is 1.